The molecule has 0 radical (unpaired) electrons. The second-order valence-electron chi connectivity index (χ2n) is 8.83. The average molecular weight is 481 g/mol. The molecule has 4 rings (SSSR count). The van der Waals surface area contributed by atoms with E-state index in [1.807, 2.05) is 6.08 Å². The van der Waals surface area contributed by atoms with E-state index in [1.54, 1.807) is 0 Å². The third kappa shape index (κ3) is 5.92. The summed E-state index contributed by atoms with van der Waals surface area (Å²) >= 11 is 0. The van der Waals surface area contributed by atoms with Crippen molar-refractivity contribution >= 4 is 16.7 Å². The summed E-state index contributed by atoms with van der Waals surface area (Å²) in [5, 5.41) is 0.657. The van der Waals surface area contributed by atoms with Crippen LogP contribution in [0, 0.1) is 46.9 Å². The van der Waals surface area contributed by atoms with Crippen LogP contribution < -0.4 is 4.74 Å². The molecular weight excluding hydrogens is 456 g/mol. The number of benzene rings is 3. The largest absolute Gasteiger partial charge is 0.423 e. The third-order valence-electron chi connectivity index (χ3n) is 6.35. The van der Waals surface area contributed by atoms with Gasteiger partial charge in [-0.15, -0.1) is 6.58 Å². The van der Waals surface area contributed by atoms with Gasteiger partial charge in [-0.3, -0.25) is 0 Å². The zero-order valence-electron chi connectivity index (χ0n) is 19.1. The SMILES string of the molecule is C=CCCC1CCC(C#Cc2cc(F)c(C(=O)Oc3ccc4cc(F)c(F)cc4c3)c(F)c2)CC1. The van der Waals surface area contributed by atoms with Crippen molar-refractivity contribution in [3.63, 3.8) is 0 Å². The van der Waals surface area contributed by atoms with Crippen LogP contribution in [0.5, 0.6) is 5.75 Å². The highest BCUT2D eigenvalue weighted by Crippen LogP contribution is 2.31. The Labute approximate surface area is 201 Å². The number of rotatable bonds is 5. The first-order valence-corrected chi connectivity index (χ1v) is 11.6. The van der Waals surface area contributed by atoms with E-state index in [0.717, 1.165) is 62.8 Å². The van der Waals surface area contributed by atoms with Gasteiger partial charge in [0, 0.05) is 11.5 Å². The van der Waals surface area contributed by atoms with Crippen LogP contribution in [0.1, 0.15) is 54.4 Å². The molecule has 0 N–H and O–H groups in total. The van der Waals surface area contributed by atoms with E-state index in [4.69, 9.17) is 4.74 Å². The molecule has 0 heterocycles. The second-order valence-corrected chi connectivity index (χ2v) is 8.83. The highest BCUT2D eigenvalue weighted by Gasteiger charge is 2.22. The van der Waals surface area contributed by atoms with Gasteiger partial charge >= 0.3 is 5.97 Å². The Balaban J connectivity index is 1.45. The van der Waals surface area contributed by atoms with Crippen molar-refractivity contribution in [3.8, 4) is 17.6 Å². The van der Waals surface area contributed by atoms with Gasteiger partial charge in [0.1, 0.15) is 22.9 Å². The van der Waals surface area contributed by atoms with Crippen molar-refractivity contribution in [3.05, 3.63) is 89.5 Å². The fourth-order valence-electron chi connectivity index (χ4n) is 4.42. The highest BCUT2D eigenvalue weighted by molar-refractivity contribution is 5.93. The molecule has 0 aliphatic heterocycles. The molecular formula is C29H24F4O2. The van der Waals surface area contributed by atoms with E-state index in [2.05, 4.69) is 18.4 Å². The Morgan fingerprint density at radius 3 is 2.23 bits per heavy atom. The van der Waals surface area contributed by atoms with Crippen LogP contribution in [0.3, 0.4) is 0 Å². The van der Waals surface area contributed by atoms with Crippen molar-refractivity contribution < 1.29 is 27.1 Å². The highest BCUT2D eigenvalue weighted by atomic mass is 19.2. The number of allylic oxidation sites excluding steroid dienone is 1. The zero-order valence-corrected chi connectivity index (χ0v) is 19.1. The molecule has 0 saturated heterocycles. The van der Waals surface area contributed by atoms with E-state index >= 15 is 0 Å². The summed E-state index contributed by atoms with van der Waals surface area (Å²) in [4.78, 5) is 12.5. The molecule has 35 heavy (non-hydrogen) atoms. The average Bonchev–Trinajstić information content (AvgIpc) is 2.82. The number of hydrogen-bond acceptors (Lipinski definition) is 2. The van der Waals surface area contributed by atoms with Gasteiger partial charge in [-0.25, -0.2) is 22.4 Å². The number of carbonyl (C=O) groups excluding carboxylic acids is 1. The fraction of sp³-hybridized carbons (Fsp3) is 0.276. The molecule has 2 nitrogen and oxygen atoms in total. The first-order valence-electron chi connectivity index (χ1n) is 11.6. The van der Waals surface area contributed by atoms with Crippen molar-refractivity contribution in [2.75, 3.05) is 0 Å². The molecule has 0 unspecified atom stereocenters. The molecule has 0 aromatic heterocycles. The first-order chi connectivity index (χ1) is 16.8. The molecule has 1 aliphatic rings. The second kappa shape index (κ2) is 10.8. The van der Waals surface area contributed by atoms with Gasteiger partial charge in [0.2, 0.25) is 0 Å². The summed E-state index contributed by atoms with van der Waals surface area (Å²) in [7, 11) is 0. The standard InChI is InChI=1S/C29H24F4O2/c1-2-3-4-18-5-7-19(8-6-18)9-10-20-13-26(32)28(27(33)14-20)29(34)35-23-12-11-21-16-24(30)25(31)17-22(21)15-23/h2,11-19H,1,3-8H2. The lowest BCUT2D eigenvalue weighted by molar-refractivity contribution is 0.0725. The minimum Gasteiger partial charge on any atom is -0.423 e. The molecule has 6 heteroatoms. The summed E-state index contributed by atoms with van der Waals surface area (Å²) in [5.74, 6) is 1.27. The van der Waals surface area contributed by atoms with Gasteiger partial charge in [-0.2, -0.15) is 0 Å². The lowest BCUT2D eigenvalue weighted by Crippen LogP contribution is -2.14. The van der Waals surface area contributed by atoms with Crippen LogP contribution in [-0.4, -0.2) is 5.97 Å². The predicted octanol–water partition coefficient (Wildman–Crippen LogP) is 7.74. The van der Waals surface area contributed by atoms with Gasteiger partial charge in [0.25, 0.3) is 0 Å². The maximum absolute atomic E-state index is 14.6. The quantitative estimate of drug-likeness (QED) is 0.123. The molecule has 0 spiro atoms. The Bertz CT molecular complexity index is 1300. The normalized spacial score (nSPS) is 17.5. The molecule has 3 aromatic carbocycles. The number of esters is 1. The van der Waals surface area contributed by atoms with Crippen LogP contribution in [0.2, 0.25) is 0 Å². The van der Waals surface area contributed by atoms with E-state index in [1.165, 1.54) is 18.2 Å². The maximum atomic E-state index is 14.6. The number of halogens is 4. The summed E-state index contributed by atoms with van der Waals surface area (Å²) in [6, 6.07) is 8.02. The van der Waals surface area contributed by atoms with E-state index in [9.17, 15) is 22.4 Å². The topological polar surface area (TPSA) is 26.3 Å². The van der Waals surface area contributed by atoms with Crippen molar-refractivity contribution in [1.82, 2.24) is 0 Å². The van der Waals surface area contributed by atoms with Gasteiger partial charge in [-0.1, -0.05) is 24.0 Å². The Morgan fingerprint density at radius 1 is 0.914 bits per heavy atom. The lowest BCUT2D eigenvalue weighted by atomic mass is 9.80. The fourth-order valence-corrected chi connectivity index (χ4v) is 4.42. The van der Waals surface area contributed by atoms with Gasteiger partial charge < -0.3 is 4.74 Å². The summed E-state index contributed by atoms with van der Waals surface area (Å²) in [6.07, 6.45) is 8.13. The molecule has 1 aliphatic carbocycles. The number of carbonyl (C=O) groups is 1. The van der Waals surface area contributed by atoms with Crippen molar-refractivity contribution in [2.45, 2.75) is 38.5 Å². The summed E-state index contributed by atoms with van der Waals surface area (Å²) in [5.41, 5.74) is -0.697. The minimum atomic E-state index is -1.24. The molecule has 0 amide bonds. The van der Waals surface area contributed by atoms with Gasteiger partial charge in [-0.05, 0) is 91.6 Å². The summed E-state index contributed by atoms with van der Waals surface area (Å²) < 4.78 is 61.2. The molecule has 180 valence electrons. The van der Waals surface area contributed by atoms with Crippen LogP contribution >= 0.6 is 0 Å². The number of hydrogen-bond donors (Lipinski definition) is 0. The maximum Gasteiger partial charge on any atom is 0.349 e. The van der Waals surface area contributed by atoms with Crippen LogP contribution in [0.4, 0.5) is 17.6 Å². The third-order valence-corrected chi connectivity index (χ3v) is 6.35. The minimum absolute atomic E-state index is 0.0557. The molecule has 1 saturated carbocycles. The van der Waals surface area contributed by atoms with Crippen LogP contribution in [-0.2, 0) is 0 Å². The smallest absolute Gasteiger partial charge is 0.349 e. The molecule has 3 aromatic rings. The first kappa shape index (κ1) is 24.5. The van der Waals surface area contributed by atoms with Gasteiger partial charge in [0.05, 0.1) is 0 Å². The monoisotopic (exact) mass is 480 g/mol. The molecule has 0 atom stereocenters. The molecule has 0 bridgehead atoms. The Hall–Kier alpha value is -3.59. The number of fused-ring (bicyclic) bond motifs is 1. The zero-order chi connectivity index (χ0) is 24.9. The predicted molar refractivity (Wildman–Crippen MR) is 127 cm³/mol. The van der Waals surface area contributed by atoms with E-state index in [-0.39, 0.29) is 22.6 Å². The van der Waals surface area contributed by atoms with E-state index in [0.29, 0.717) is 11.3 Å². The van der Waals surface area contributed by atoms with Crippen LogP contribution in [0.15, 0.2) is 55.1 Å². The number of ether oxygens (including phenoxy) is 1. The Kier molecular flexibility index (Phi) is 7.55. The Morgan fingerprint density at radius 2 is 1.57 bits per heavy atom. The summed E-state index contributed by atoms with van der Waals surface area (Å²) in [6.45, 7) is 3.76. The molecule has 1 fully saturated rings. The van der Waals surface area contributed by atoms with Crippen molar-refractivity contribution in [1.29, 1.82) is 0 Å². The van der Waals surface area contributed by atoms with Gasteiger partial charge in [0.15, 0.2) is 11.6 Å². The van der Waals surface area contributed by atoms with Crippen LogP contribution in [0.25, 0.3) is 10.8 Å². The lowest BCUT2D eigenvalue weighted by Gasteiger charge is -2.25. The van der Waals surface area contributed by atoms with Crippen molar-refractivity contribution in [2.24, 2.45) is 11.8 Å². The van der Waals surface area contributed by atoms with E-state index < -0.39 is 34.8 Å².